The lowest BCUT2D eigenvalue weighted by molar-refractivity contribution is -0.151. The lowest BCUT2D eigenvalue weighted by Crippen LogP contribution is -2.56. The molecule has 9 nitrogen and oxygen atoms in total. The van der Waals surface area contributed by atoms with Crippen LogP contribution in [0.3, 0.4) is 0 Å². The van der Waals surface area contributed by atoms with Crippen LogP contribution in [0.5, 0.6) is 5.75 Å². The first kappa shape index (κ1) is 26.4. The van der Waals surface area contributed by atoms with Crippen molar-refractivity contribution in [3.63, 3.8) is 0 Å². The minimum absolute atomic E-state index is 0.00236. The van der Waals surface area contributed by atoms with Crippen molar-refractivity contribution in [3.05, 3.63) is 48.6 Å². The predicted octanol–water partition coefficient (Wildman–Crippen LogP) is 2.15. The van der Waals surface area contributed by atoms with Gasteiger partial charge in [-0.15, -0.1) is 0 Å². The Labute approximate surface area is 223 Å². The average Bonchev–Trinajstić information content (AvgIpc) is 3.16. The molecular weight excluding hydrogens is 486 g/mol. The first-order valence-corrected chi connectivity index (χ1v) is 13.6. The van der Waals surface area contributed by atoms with Gasteiger partial charge < -0.3 is 29.3 Å². The molecular formula is C29H37N3O6. The number of anilines is 1. The van der Waals surface area contributed by atoms with Gasteiger partial charge in [0.2, 0.25) is 17.7 Å². The Kier molecular flexibility index (Phi) is 7.09. The lowest BCUT2D eigenvalue weighted by Gasteiger charge is -2.37. The van der Waals surface area contributed by atoms with Crippen molar-refractivity contribution >= 4 is 23.4 Å². The maximum Gasteiger partial charge on any atom is 0.249 e. The molecule has 1 N–H and O–H groups in total. The first-order chi connectivity index (χ1) is 18.3. The van der Waals surface area contributed by atoms with Crippen LogP contribution >= 0.6 is 0 Å². The minimum Gasteiger partial charge on any atom is -0.494 e. The highest BCUT2D eigenvalue weighted by Crippen LogP contribution is 2.57. The zero-order valence-corrected chi connectivity index (χ0v) is 22.3. The molecule has 0 bridgehead atoms. The number of ether oxygens (including phenoxy) is 2. The number of hydrogen-bond acceptors (Lipinski definition) is 6. The molecule has 38 heavy (non-hydrogen) atoms. The van der Waals surface area contributed by atoms with Gasteiger partial charge in [0, 0.05) is 31.9 Å². The van der Waals surface area contributed by atoms with E-state index in [0.717, 1.165) is 12.8 Å². The van der Waals surface area contributed by atoms with Gasteiger partial charge in [0.05, 0.1) is 30.7 Å². The van der Waals surface area contributed by atoms with E-state index in [1.54, 1.807) is 9.80 Å². The highest BCUT2D eigenvalue weighted by molar-refractivity contribution is 6.04. The second kappa shape index (κ2) is 10.2. The van der Waals surface area contributed by atoms with Crippen molar-refractivity contribution in [2.24, 2.45) is 11.8 Å². The first-order valence-electron chi connectivity index (χ1n) is 13.6. The third kappa shape index (κ3) is 4.03. The largest absolute Gasteiger partial charge is 0.494 e. The summed E-state index contributed by atoms with van der Waals surface area (Å²) in [6, 6.07) is 6.38. The van der Waals surface area contributed by atoms with Crippen molar-refractivity contribution in [2.45, 2.75) is 50.9 Å². The smallest absolute Gasteiger partial charge is 0.249 e. The summed E-state index contributed by atoms with van der Waals surface area (Å²) in [6.45, 7) is 7.39. The van der Waals surface area contributed by atoms with Crippen LogP contribution in [-0.4, -0.2) is 89.3 Å². The number of amides is 3. The molecule has 1 unspecified atom stereocenters. The van der Waals surface area contributed by atoms with Gasteiger partial charge in [-0.25, -0.2) is 0 Å². The van der Waals surface area contributed by atoms with Crippen molar-refractivity contribution < 1.29 is 29.0 Å². The molecule has 4 aliphatic rings. The summed E-state index contributed by atoms with van der Waals surface area (Å²) in [5.41, 5.74) is -1.68. The van der Waals surface area contributed by atoms with Gasteiger partial charge in [-0.3, -0.25) is 14.4 Å². The highest BCUT2D eigenvalue weighted by Gasteiger charge is 2.74. The van der Waals surface area contributed by atoms with Crippen LogP contribution in [0.25, 0.3) is 0 Å². The monoisotopic (exact) mass is 523 g/mol. The van der Waals surface area contributed by atoms with Crippen LogP contribution in [0.2, 0.25) is 0 Å². The van der Waals surface area contributed by atoms with Crippen LogP contribution in [0.4, 0.5) is 5.69 Å². The number of fused-ring (bicyclic) bond motifs is 2. The number of carbonyl (C=O) groups is 3. The Morgan fingerprint density at radius 3 is 2.39 bits per heavy atom. The number of aliphatic hydroxyl groups is 1. The summed E-state index contributed by atoms with van der Waals surface area (Å²) < 4.78 is 12.3. The third-order valence-electron chi connectivity index (χ3n) is 8.22. The molecule has 204 valence electrons. The molecule has 0 aromatic heterocycles. The van der Waals surface area contributed by atoms with Gasteiger partial charge in [-0.05, 0) is 44.5 Å². The van der Waals surface area contributed by atoms with E-state index in [4.69, 9.17) is 9.47 Å². The number of nitrogens with zero attached hydrogens (tertiary/aromatic N) is 3. The zero-order valence-electron chi connectivity index (χ0n) is 22.3. The Morgan fingerprint density at radius 1 is 0.974 bits per heavy atom. The number of benzene rings is 1. The SMILES string of the molecule is CCCCN1CC=C[C@]23O[C@]4(C)C=CCN(c5ccc(OCC)cc5)C(=O)[C@@H]4[C@H]2C(=O)N(CCO)C3C1=O. The molecule has 0 saturated carbocycles. The predicted molar refractivity (Wildman–Crippen MR) is 142 cm³/mol. The topological polar surface area (TPSA) is 99.6 Å². The number of hydrogen-bond donors (Lipinski definition) is 1. The molecule has 2 fully saturated rings. The maximum absolute atomic E-state index is 14.3. The summed E-state index contributed by atoms with van der Waals surface area (Å²) in [7, 11) is 0. The molecule has 4 heterocycles. The number of unbranched alkanes of at least 4 members (excludes halogenated alkanes) is 1. The highest BCUT2D eigenvalue weighted by atomic mass is 16.5. The van der Waals surface area contributed by atoms with Crippen LogP contribution in [0, 0.1) is 11.8 Å². The van der Waals surface area contributed by atoms with E-state index in [-0.39, 0.29) is 30.9 Å². The minimum atomic E-state index is -1.30. The summed E-state index contributed by atoms with van der Waals surface area (Å²) in [4.78, 5) is 47.1. The van der Waals surface area contributed by atoms with E-state index in [2.05, 4.69) is 6.92 Å². The molecule has 5 atom stereocenters. The third-order valence-corrected chi connectivity index (χ3v) is 8.22. The van der Waals surface area contributed by atoms with Crippen molar-refractivity contribution in [1.29, 1.82) is 0 Å². The summed E-state index contributed by atoms with van der Waals surface area (Å²) >= 11 is 0. The van der Waals surface area contributed by atoms with Gasteiger partial charge in [-0.1, -0.05) is 37.6 Å². The summed E-state index contributed by atoms with van der Waals surface area (Å²) in [5, 5.41) is 9.82. The van der Waals surface area contributed by atoms with Crippen LogP contribution in [0.15, 0.2) is 48.6 Å². The van der Waals surface area contributed by atoms with Crippen molar-refractivity contribution in [1.82, 2.24) is 9.80 Å². The van der Waals surface area contributed by atoms with Crippen LogP contribution < -0.4 is 9.64 Å². The second-order valence-corrected chi connectivity index (χ2v) is 10.6. The van der Waals surface area contributed by atoms with Crippen LogP contribution in [-0.2, 0) is 19.1 Å². The maximum atomic E-state index is 14.3. The van der Waals surface area contributed by atoms with E-state index in [9.17, 15) is 19.5 Å². The fraction of sp³-hybridized carbons (Fsp3) is 0.552. The molecule has 1 aromatic rings. The van der Waals surface area contributed by atoms with E-state index in [0.29, 0.717) is 37.7 Å². The number of β-amino-alcohol motifs (C(OH)–C–C–N with tert-alkyl or cyclic N) is 1. The molecule has 0 radical (unpaired) electrons. The van der Waals surface area contributed by atoms with Crippen molar-refractivity contribution in [3.8, 4) is 5.75 Å². The van der Waals surface area contributed by atoms with E-state index >= 15 is 0 Å². The molecule has 4 aliphatic heterocycles. The lowest BCUT2D eigenvalue weighted by atomic mass is 9.74. The summed E-state index contributed by atoms with van der Waals surface area (Å²) in [5.74, 6) is -1.78. The van der Waals surface area contributed by atoms with Crippen molar-refractivity contribution in [2.75, 3.05) is 44.3 Å². The molecule has 3 amide bonds. The Balaban J connectivity index is 1.56. The normalized spacial score (nSPS) is 32.3. The second-order valence-electron chi connectivity index (χ2n) is 10.6. The molecule has 5 rings (SSSR count). The Morgan fingerprint density at radius 2 is 1.71 bits per heavy atom. The summed E-state index contributed by atoms with van der Waals surface area (Å²) in [6.07, 6.45) is 9.27. The average molecular weight is 524 g/mol. The van der Waals surface area contributed by atoms with E-state index in [1.807, 2.05) is 62.4 Å². The molecule has 2 saturated heterocycles. The molecule has 1 spiro atoms. The number of rotatable bonds is 8. The van der Waals surface area contributed by atoms with E-state index < -0.39 is 29.1 Å². The molecule has 1 aromatic carbocycles. The fourth-order valence-electron chi connectivity index (χ4n) is 6.59. The van der Waals surface area contributed by atoms with Crippen LogP contribution in [0.1, 0.15) is 33.6 Å². The standard InChI is InChI=1S/C29H37N3O6/c1-4-6-15-30-16-8-14-29-23(26(35)32(18-19-33)24(29)27(30)36)22-25(34)31(17-7-13-28(22,3)38-29)20-9-11-21(12-10-20)37-5-2/h7-14,22-24,33H,4-6,15-19H2,1-3H3/t22-,23-,24?,28+,29-/m0/s1. The zero-order chi connectivity index (χ0) is 27.1. The fourth-order valence-corrected chi connectivity index (χ4v) is 6.59. The quantitative estimate of drug-likeness (QED) is 0.525. The molecule has 9 heteroatoms. The van der Waals surface area contributed by atoms with Gasteiger partial charge in [0.15, 0.2) is 0 Å². The Bertz CT molecular complexity index is 1150. The molecule has 0 aliphatic carbocycles. The van der Waals surface area contributed by atoms with Gasteiger partial charge >= 0.3 is 0 Å². The number of carbonyl (C=O) groups excluding carboxylic acids is 3. The van der Waals surface area contributed by atoms with E-state index in [1.165, 1.54) is 4.90 Å². The number of aliphatic hydroxyl groups excluding tert-OH is 1. The number of likely N-dealkylation sites (tertiary alicyclic amines) is 1. The van der Waals surface area contributed by atoms with Gasteiger partial charge in [-0.2, -0.15) is 0 Å². The van der Waals surface area contributed by atoms with Gasteiger partial charge in [0.1, 0.15) is 17.4 Å². The Hall–Kier alpha value is -3.17. The van der Waals surface area contributed by atoms with Gasteiger partial charge in [0.25, 0.3) is 0 Å².